The molecular weight excluding hydrogens is 331 g/mol. The molecule has 2 N–H and O–H groups in total. The molecule has 3 heterocycles. The minimum absolute atomic E-state index is 0.267. The van der Waals surface area contributed by atoms with Crippen LogP contribution in [0.25, 0.3) is 22.6 Å². The van der Waals surface area contributed by atoms with Crippen molar-refractivity contribution < 1.29 is 4.39 Å². The van der Waals surface area contributed by atoms with Crippen LogP contribution in [0.1, 0.15) is 18.1 Å². The zero-order valence-electron chi connectivity index (χ0n) is 14.2. The van der Waals surface area contributed by atoms with Gasteiger partial charge in [-0.25, -0.2) is 24.0 Å². The van der Waals surface area contributed by atoms with Gasteiger partial charge in [0.25, 0.3) is 0 Å². The first kappa shape index (κ1) is 16.1. The van der Waals surface area contributed by atoms with E-state index in [1.54, 1.807) is 35.3 Å². The van der Waals surface area contributed by atoms with E-state index in [-0.39, 0.29) is 12.4 Å². The minimum atomic E-state index is -0.276. The molecule has 6 nitrogen and oxygen atoms in total. The summed E-state index contributed by atoms with van der Waals surface area (Å²) in [5.74, 6) is 0.601. The summed E-state index contributed by atoms with van der Waals surface area (Å²) in [6, 6.07) is 10.3. The lowest BCUT2D eigenvalue weighted by atomic mass is 10.2. The van der Waals surface area contributed by atoms with Crippen molar-refractivity contribution in [3.63, 3.8) is 0 Å². The summed E-state index contributed by atoms with van der Waals surface area (Å²) in [5, 5.41) is 5.40. The number of halogens is 1. The summed E-state index contributed by atoms with van der Waals surface area (Å²) >= 11 is 0. The van der Waals surface area contributed by atoms with E-state index >= 15 is 0 Å². The normalized spacial score (nSPS) is 11.2. The number of nitrogens with zero attached hydrogens (tertiary/aromatic N) is 5. The summed E-state index contributed by atoms with van der Waals surface area (Å²) in [6.45, 7) is 2.26. The molecule has 0 amide bonds. The maximum atomic E-state index is 14.0. The number of rotatable bonds is 4. The molecule has 1 aromatic carbocycles. The van der Waals surface area contributed by atoms with Crippen LogP contribution in [0.4, 0.5) is 10.2 Å². The Bertz CT molecular complexity index is 1090. The Labute approximate surface area is 149 Å². The molecule has 130 valence electrons. The molecule has 26 heavy (non-hydrogen) atoms. The number of hydrogen-bond donors (Lipinski definition) is 1. The molecule has 0 fully saturated rings. The molecule has 0 unspecified atom stereocenters. The molecule has 0 saturated heterocycles. The average molecular weight is 348 g/mol. The molecule has 0 aliphatic heterocycles. The minimum Gasteiger partial charge on any atom is -0.383 e. The fourth-order valence-corrected chi connectivity index (χ4v) is 2.88. The van der Waals surface area contributed by atoms with Gasteiger partial charge in [-0.15, -0.1) is 0 Å². The lowest BCUT2D eigenvalue weighted by molar-refractivity contribution is 0.589. The van der Waals surface area contributed by atoms with E-state index in [9.17, 15) is 4.39 Å². The third-order valence-electron chi connectivity index (χ3n) is 4.28. The van der Waals surface area contributed by atoms with Gasteiger partial charge < -0.3 is 5.73 Å². The Kier molecular flexibility index (Phi) is 4.04. The van der Waals surface area contributed by atoms with Crippen LogP contribution >= 0.6 is 0 Å². The fraction of sp³-hybridized carbons (Fsp3) is 0.158. The smallest absolute Gasteiger partial charge is 0.182 e. The van der Waals surface area contributed by atoms with Crippen LogP contribution in [0.2, 0.25) is 0 Å². The molecule has 0 aliphatic carbocycles. The van der Waals surface area contributed by atoms with Crippen LogP contribution in [0, 0.1) is 5.82 Å². The van der Waals surface area contributed by atoms with Crippen molar-refractivity contribution in [3.05, 3.63) is 65.7 Å². The monoisotopic (exact) mass is 348 g/mol. The first-order chi connectivity index (χ1) is 12.7. The van der Waals surface area contributed by atoms with Crippen LogP contribution in [0.15, 0.2) is 48.8 Å². The van der Waals surface area contributed by atoms with Gasteiger partial charge in [0.05, 0.1) is 11.9 Å². The van der Waals surface area contributed by atoms with Crippen LogP contribution in [0.5, 0.6) is 0 Å². The second-order valence-electron chi connectivity index (χ2n) is 5.93. The van der Waals surface area contributed by atoms with E-state index in [0.717, 1.165) is 17.4 Å². The van der Waals surface area contributed by atoms with Crippen LogP contribution < -0.4 is 5.73 Å². The van der Waals surface area contributed by atoms with E-state index in [2.05, 4.69) is 20.1 Å². The van der Waals surface area contributed by atoms with E-state index in [4.69, 9.17) is 5.73 Å². The van der Waals surface area contributed by atoms with Gasteiger partial charge in [0.2, 0.25) is 0 Å². The Hall–Kier alpha value is -3.35. The molecule has 4 rings (SSSR count). The van der Waals surface area contributed by atoms with Crippen LogP contribution in [0.3, 0.4) is 0 Å². The number of benzene rings is 1. The number of pyridine rings is 1. The van der Waals surface area contributed by atoms with Gasteiger partial charge in [0.1, 0.15) is 17.3 Å². The van der Waals surface area contributed by atoms with E-state index in [0.29, 0.717) is 28.5 Å². The molecule has 4 aromatic rings. The standard InChI is InChI=1S/C19H17FN6/c1-2-12-10-23-18(24-17(12)21)16-14-7-5-9-22-19(14)26(25-16)11-13-6-3-4-8-15(13)20/h3-10H,2,11H2,1H3,(H2,21,23,24). The highest BCUT2D eigenvalue weighted by molar-refractivity contribution is 5.89. The van der Waals surface area contributed by atoms with Crippen LogP contribution in [-0.2, 0) is 13.0 Å². The first-order valence-corrected chi connectivity index (χ1v) is 8.34. The van der Waals surface area contributed by atoms with E-state index in [1.165, 1.54) is 6.07 Å². The van der Waals surface area contributed by atoms with E-state index < -0.39 is 0 Å². The number of aryl methyl sites for hydroxylation is 1. The van der Waals surface area contributed by atoms with Crippen molar-refractivity contribution >= 4 is 16.9 Å². The largest absolute Gasteiger partial charge is 0.383 e. The number of anilines is 1. The van der Waals surface area contributed by atoms with Crippen LogP contribution in [-0.4, -0.2) is 24.7 Å². The second kappa shape index (κ2) is 6.51. The Balaban J connectivity index is 1.84. The van der Waals surface area contributed by atoms with Crippen molar-refractivity contribution in [2.45, 2.75) is 19.9 Å². The highest BCUT2D eigenvalue weighted by atomic mass is 19.1. The maximum Gasteiger partial charge on any atom is 0.182 e. The number of hydrogen-bond acceptors (Lipinski definition) is 5. The quantitative estimate of drug-likeness (QED) is 0.612. The lowest BCUT2D eigenvalue weighted by Crippen LogP contribution is -2.05. The molecule has 0 radical (unpaired) electrons. The zero-order chi connectivity index (χ0) is 18.1. The van der Waals surface area contributed by atoms with Gasteiger partial charge in [0.15, 0.2) is 11.5 Å². The second-order valence-corrected chi connectivity index (χ2v) is 5.93. The number of nitrogen functional groups attached to an aromatic ring is 1. The Morgan fingerprint density at radius 3 is 2.69 bits per heavy atom. The highest BCUT2D eigenvalue weighted by Crippen LogP contribution is 2.26. The molecule has 7 heteroatoms. The van der Waals surface area contributed by atoms with Crippen molar-refractivity contribution in [2.75, 3.05) is 5.73 Å². The lowest BCUT2D eigenvalue weighted by Gasteiger charge is -2.04. The van der Waals surface area contributed by atoms with Crippen molar-refractivity contribution in [1.29, 1.82) is 0 Å². The summed E-state index contributed by atoms with van der Waals surface area (Å²) in [6.07, 6.45) is 4.16. The van der Waals surface area contributed by atoms with Gasteiger partial charge in [0, 0.05) is 23.5 Å². The zero-order valence-corrected chi connectivity index (χ0v) is 14.2. The van der Waals surface area contributed by atoms with Crippen molar-refractivity contribution in [3.8, 4) is 11.5 Å². The molecule has 3 aromatic heterocycles. The summed E-state index contributed by atoms with van der Waals surface area (Å²) in [7, 11) is 0. The van der Waals surface area contributed by atoms with Gasteiger partial charge in [-0.05, 0) is 24.6 Å². The molecule has 0 atom stereocenters. The maximum absolute atomic E-state index is 14.0. The third-order valence-corrected chi connectivity index (χ3v) is 4.28. The molecular formula is C19H17FN6. The molecule has 0 aliphatic rings. The van der Waals surface area contributed by atoms with Crippen molar-refractivity contribution in [2.24, 2.45) is 0 Å². The summed E-state index contributed by atoms with van der Waals surface area (Å²) in [5.41, 5.74) is 8.67. The topological polar surface area (TPSA) is 82.5 Å². The highest BCUT2D eigenvalue weighted by Gasteiger charge is 2.17. The van der Waals surface area contributed by atoms with Gasteiger partial charge in [-0.3, -0.25) is 0 Å². The van der Waals surface area contributed by atoms with Gasteiger partial charge in [-0.1, -0.05) is 25.1 Å². The van der Waals surface area contributed by atoms with Gasteiger partial charge >= 0.3 is 0 Å². The SMILES string of the molecule is CCc1cnc(-c2nn(Cc3ccccc3F)c3ncccc23)nc1N. The predicted molar refractivity (Wildman–Crippen MR) is 97.8 cm³/mol. The van der Waals surface area contributed by atoms with E-state index in [1.807, 2.05) is 19.1 Å². The predicted octanol–water partition coefficient (Wildman–Crippen LogP) is 3.22. The molecule has 0 bridgehead atoms. The number of nitrogens with two attached hydrogens (primary N) is 1. The summed E-state index contributed by atoms with van der Waals surface area (Å²) < 4.78 is 15.7. The first-order valence-electron chi connectivity index (χ1n) is 8.34. The third kappa shape index (κ3) is 2.77. The van der Waals surface area contributed by atoms with Gasteiger partial charge in [-0.2, -0.15) is 5.10 Å². The number of fused-ring (bicyclic) bond motifs is 1. The Morgan fingerprint density at radius 2 is 1.92 bits per heavy atom. The number of aromatic nitrogens is 5. The molecule has 0 saturated carbocycles. The summed E-state index contributed by atoms with van der Waals surface area (Å²) in [4.78, 5) is 13.2. The Morgan fingerprint density at radius 1 is 1.08 bits per heavy atom. The molecule has 0 spiro atoms. The van der Waals surface area contributed by atoms with Crippen molar-refractivity contribution in [1.82, 2.24) is 24.7 Å². The fourth-order valence-electron chi connectivity index (χ4n) is 2.88. The average Bonchev–Trinajstić information content (AvgIpc) is 3.02.